The first-order chi connectivity index (χ1) is 10.2. The van der Waals surface area contributed by atoms with Crippen LogP contribution in [0.25, 0.3) is 0 Å². The molecule has 0 fully saturated rings. The Labute approximate surface area is 122 Å². The van der Waals surface area contributed by atoms with E-state index in [9.17, 15) is 8.78 Å². The summed E-state index contributed by atoms with van der Waals surface area (Å²) in [6.45, 7) is 2.81. The van der Waals surface area contributed by atoms with Gasteiger partial charge in [-0.3, -0.25) is 0 Å². The lowest BCUT2D eigenvalue weighted by Crippen LogP contribution is -2.23. The first-order valence-corrected chi connectivity index (χ1v) is 6.90. The minimum absolute atomic E-state index is 0.196. The fraction of sp³-hybridized carbons (Fsp3) is 0.333. The van der Waals surface area contributed by atoms with Gasteiger partial charge in [-0.1, -0.05) is 6.92 Å². The molecule has 1 aromatic carbocycles. The molecule has 2 aromatic rings. The van der Waals surface area contributed by atoms with Crippen LogP contribution in [0.15, 0.2) is 30.6 Å². The maximum absolute atomic E-state index is 14.4. The molecule has 4 nitrogen and oxygen atoms in total. The molecule has 2 rings (SSSR count). The summed E-state index contributed by atoms with van der Waals surface area (Å²) >= 11 is 0. The van der Waals surface area contributed by atoms with Gasteiger partial charge in [0.15, 0.2) is 11.6 Å². The smallest absolute Gasteiger partial charge is 0.187 e. The van der Waals surface area contributed by atoms with E-state index in [1.165, 1.54) is 18.5 Å². The first kappa shape index (κ1) is 15.3. The van der Waals surface area contributed by atoms with Gasteiger partial charge in [-0.2, -0.15) is 0 Å². The molecule has 1 heterocycles. The maximum Gasteiger partial charge on any atom is 0.187 e. The number of aryl methyl sites for hydroxylation is 1. The molecule has 0 amide bonds. The van der Waals surface area contributed by atoms with Crippen LogP contribution in [-0.4, -0.2) is 23.1 Å². The van der Waals surface area contributed by atoms with Crippen molar-refractivity contribution in [2.75, 3.05) is 18.0 Å². The van der Waals surface area contributed by atoms with Gasteiger partial charge in [-0.25, -0.2) is 18.7 Å². The molecular weight excluding hydrogens is 274 g/mol. The number of rotatable bonds is 6. The van der Waals surface area contributed by atoms with Gasteiger partial charge in [0.05, 0.1) is 5.69 Å². The van der Waals surface area contributed by atoms with Crippen molar-refractivity contribution in [1.29, 1.82) is 0 Å². The third kappa shape index (κ3) is 3.52. The second kappa shape index (κ2) is 7.08. The van der Waals surface area contributed by atoms with Crippen molar-refractivity contribution in [3.05, 3.63) is 47.9 Å². The Hall–Kier alpha value is -2.08. The van der Waals surface area contributed by atoms with E-state index in [0.717, 1.165) is 0 Å². The molecule has 112 valence electrons. The van der Waals surface area contributed by atoms with Crippen LogP contribution in [-0.2, 0) is 6.42 Å². The van der Waals surface area contributed by atoms with Gasteiger partial charge in [0.25, 0.3) is 0 Å². The summed E-state index contributed by atoms with van der Waals surface area (Å²) in [6, 6.07) is 5.87. The number of anilines is 2. The average molecular weight is 292 g/mol. The molecule has 1 aromatic heterocycles. The Kier molecular flexibility index (Phi) is 5.16. The number of hydrogen-bond donors (Lipinski definition) is 1. The number of nitrogens with zero attached hydrogens (tertiary/aromatic N) is 3. The zero-order valence-corrected chi connectivity index (χ0v) is 11.9. The summed E-state index contributed by atoms with van der Waals surface area (Å²) in [5.41, 5.74) is 6.57. The second-order valence-corrected chi connectivity index (χ2v) is 4.58. The van der Waals surface area contributed by atoms with Crippen LogP contribution >= 0.6 is 0 Å². The van der Waals surface area contributed by atoms with Crippen LogP contribution in [0.3, 0.4) is 0 Å². The largest absolute Gasteiger partial charge is 0.330 e. The molecule has 0 saturated heterocycles. The Morgan fingerprint density at radius 3 is 2.48 bits per heavy atom. The van der Waals surface area contributed by atoms with Crippen molar-refractivity contribution in [3.63, 3.8) is 0 Å². The van der Waals surface area contributed by atoms with Gasteiger partial charge in [0, 0.05) is 12.2 Å². The number of hydrogen-bond acceptors (Lipinski definition) is 4. The molecule has 0 aliphatic carbocycles. The first-order valence-electron chi connectivity index (χ1n) is 6.90. The molecule has 21 heavy (non-hydrogen) atoms. The standard InChI is InChI=1S/C15H18F2N4/c1-2-13-14(17)15(20-10-19-13)21(9-3-8-18)12-6-4-11(16)5-7-12/h4-7,10H,2-3,8-9,18H2,1H3. The third-order valence-corrected chi connectivity index (χ3v) is 3.16. The molecule has 0 saturated carbocycles. The molecule has 0 atom stereocenters. The van der Waals surface area contributed by atoms with Crippen molar-refractivity contribution in [2.24, 2.45) is 5.73 Å². The molecule has 0 aliphatic rings. The summed E-state index contributed by atoms with van der Waals surface area (Å²) in [7, 11) is 0. The van der Waals surface area contributed by atoms with Crippen molar-refractivity contribution in [2.45, 2.75) is 19.8 Å². The summed E-state index contributed by atoms with van der Waals surface area (Å²) < 4.78 is 27.5. The Morgan fingerprint density at radius 2 is 1.86 bits per heavy atom. The molecule has 0 unspecified atom stereocenters. The molecular formula is C15H18F2N4. The SMILES string of the molecule is CCc1ncnc(N(CCCN)c2ccc(F)cc2)c1F. The molecule has 0 bridgehead atoms. The van der Waals surface area contributed by atoms with E-state index in [-0.39, 0.29) is 11.6 Å². The van der Waals surface area contributed by atoms with Crippen LogP contribution in [0.5, 0.6) is 0 Å². The fourth-order valence-electron chi connectivity index (χ4n) is 2.06. The zero-order chi connectivity index (χ0) is 15.2. The monoisotopic (exact) mass is 292 g/mol. The highest BCUT2D eigenvalue weighted by Crippen LogP contribution is 2.27. The van der Waals surface area contributed by atoms with E-state index in [0.29, 0.717) is 37.3 Å². The normalized spacial score (nSPS) is 10.7. The van der Waals surface area contributed by atoms with E-state index in [1.54, 1.807) is 17.0 Å². The number of benzene rings is 1. The van der Waals surface area contributed by atoms with Crippen LogP contribution < -0.4 is 10.6 Å². The number of aromatic nitrogens is 2. The molecule has 0 aliphatic heterocycles. The molecule has 0 radical (unpaired) electrons. The van der Waals surface area contributed by atoms with Crippen molar-refractivity contribution < 1.29 is 8.78 Å². The predicted molar refractivity (Wildman–Crippen MR) is 78.4 cm³/mol. The van der Waals surface area contributed by atoms with E-state index < -0.39 is 5.82 Å². The second-order valence-electron chi connectivity index (χ2n) is 4.58. The van der Waals surface area contributed by atoms with E-state index in [1.807, 2.05) is 6.92 Å². The van der Waals surface area contributed by atoms with Crippen molar-refractivity contribution >= 4 is 11.5 Å². The van der Waals surface area contributed by atoms with E-state index in [4.69, 9.17) is 5.73 Å². The lowest BCUT2D eigenvalue weighted by atomic mass is 10.2. The molecule has 6 heteroatoms. The number of nitrogens with two attached hydrogens (primary N) is 1. The summed E-state index contributed by atoms with van der Waals surface area (Å²) in [5.74, 6) is -0.585. The maximum atomic E-state index is 14.4. The molecule has 2 N–H and O–H groups in total. The average Bonchev–Trinajstić information content (AvgIpc) is 2.50. The van der Waals surface area contributed by atoms with Gasteiger partial charge in [0.2, 0.25) is 0 Å². The Bertz CT molecular complexity index is 587. The van der Waals surface area contributed by atoms with E-state index >= 15 is 0 Å². The van der Waals surface area contributed by atoms with Gasteiger partial charge >= 0.3 is 0 Å². The zero-order valence-electron chi connectivity index (χ0n) is 11.9. The third-order valence-electron chi connectivity index (χ3n) is 3.16. The van der Waals surface area contributed by atoms with Crippen LogP contribution in [0.1, 0.15) is 19.0 Å². The van der Waals surface area contributed by atoms with Gasteiger partial charge in [-0.15, -0.1) is 0 Å². The predicted octanol–water partition coefficient (Wildman–Crippen LogP) is 2.80. The van der Waals surface area contributed by atoms with Crippen molar-refractivity contribution in [3.8, 4) is 0 Å². The fourth-order valence-corrected chi connectivity index (χ4v) is 2.06. The summed E-state index contributed by atoms with van der Waals surface area (Å²) in [4.78, 5) is 9.67. The highest BCUT2D eigenvalue weighted by atomic mass is 19.1. The molecule has 0 spiro atoms. The minimum Gasteiger partial charge on any atom is -0.330 e. The Balaban J connectivity index is 2.42. The van der Waals surface area contributed by atoms with Crippen LogP contribution in [0.4, 0.5) is 20.3 Å². The highest BCUT2D eigenvalue weighted by Gasteiger charge is 2.18. The van der Waals surface area contributed by atoms with Gasteiger partial charge in [0.1, 0.15) is 12.1 Å². The van der Waals surface area contributed by atoms with Crippen LogP contribution in [0, 0.1) is 11.6 Å². The van der Waals surface area contributed by atoms with Crippen molar-refractivity contribution in [1.82, 2.24) is 9.97 Å². The minimum atomic E-state index is -0.443. The van der Waals surface area contributed by atoms with E-state index in [2.05, 4.69) is 9.97 Å². The van der Waals surface area contributed by atoms with Gasteiger partial charge in [-0.05, 0) is 43.7 Å². The Morgan fingerprint density at radius 1 is 1.14 bits per heavy atom. The topological polar surface area (TPSA) is 55.0 Å². The quantitative estimate of drug-likeness (QED) is 0.889. The summed E-state index contributed by atoms with van der Waals surface area (Å²) in [6.07, 6.45) is 2.49. The number of halogens is 2. The lowest BCUT2D eigenvalue weighted by Gasteiger charge is -2.24. The van der Waals surface area contributed by atoms with Crippen LogP contribution in [0.2, 0.25) is 0 Å². The lowest BCUT2D eigenvalue weighted by molar-refractivity contribution is 0.589. The van der Waals surface area contributed by atoms with Gasteiger partial charge < -0.3 is 10.6 Å². The summed E-state index contributed by atoms with van der Waals surface area (Å²) in [5, 5.41) is 0. The highest BCUT2D eigenvalue weighted by molar-refractivity contribution is 5.60.